The first-order chi connectivity index (χ1) is 11.8. The molecule has 1 heterocycles. The smallest absolute Gasteiger partial charge is 0.223 e. The Labute approximate surface area is 158 Å². The Kier molecular flexibility index (Phi) is 8.20. The van der Waals surface area contributed by atoms with Crippen molar-refractivity contribution in [1.29, 1.82) is 0 Å². The lowest BCUT2D eigenvalue weighted by Gasteiger charge is -2.36. The van der Waals surface area contributed by atoms with Gasteiger partial charge < -0.3 is 10.2 Å². The largest absolute Gasteiger partial charge is 0.340 e. The molecule has 4 nitrogen and oxygen atoms in total. The molecule has 25 heavy (non-hydrogen) atoms. The second kappa shape index (κ2) is 10.1. The minimum absolute atomic E-state index is 0. The topological polar surface area (TPSA) is 35.6 Å². The quantitative estimate of drug-likeness (QED) is 0.841. The Morgan fingerprint density at radius 1 is 1.20 bits per heavy atom. The summed E-state index contributed by atoms with van der Waals surface area (Å²) in [5.41, 5.74) is 3.02. The highest BCUT2D eigenvalue weighted by atomic mass is 35.5. The molecule has 1 aliphatic carbocycles. The highest BCUT2D eigenvalue weighted by molar-refractivity contribution is 5.85. The first kappa shape index (κ1) is 20.2. The van der Waals surface area contributed by atoms with Crippen LogP contribution in [0.5, 0.6) is 0 Å². The Bertz CT molecular complexity index is 545. The van der Waals surface area contributed by atoms with Crippen LogP contribution in [0.15, 0.2) is 24.3 Å². The van der Waals surface area contributed by atoms with E-state index in [-0.39, 0.29) is 12.4 Å². The zero-order chi connectivity index (χ0) is 16.8. The molecule has 1 aromatic rings. The van der Waals surface area contributed by atoms with E-state index in [4.69, 9.17) is 0 Å². The second-order valence-corrected chi connectivity index (χ2v) is 7.08. The van der Waals surface area contributed by atoms with Crippen molar-refractivity contribution in [3.8, 4) is 0 Å². The zero-order valence-corrected chi connectivity index (χ0v) is 16.2. The van der Waals surface area contributed by atoms with E-state index in [0.717, 1.165) is 52.1 Å². The van der Waals surface area contributed by atoms with Gasteiger partial charge in [-0.05, 0) is 43.4 Å². The monoisotopic (exact) mass is 365 g/mol. The summed E-state index contributed by atoms with van der Waals surface area (Å²) in [4.78, 5) is 17.0. The predicted octanol–water partition coefficient (Wildman–Crippen LogP) is 2.50. The number of hydrogen-bond donors (Lipinski definition) is 1. The van der Waals surface area contributed by atoms with Gasteiger partial charge in [0.05, 0.1) is 0 Å². The average molecular weight is 366 g/mol. The Hall–Kier alpha value is -1.10. The number of nitrogens with one attached hydrogen (secondary N) is 1. The van der Waals surface area contributed by atoms with Crippen molar-refractivity contribution in [2.24, 2.45) is 0 Å². The molecule has 1 atom stereocenters. The number of amides is 1. The molecule has 0 bridgehead atoms. The molecule has 0 radical (unpaired) electrons. The minimum Gasteiger partial charge on any atom is -0.340 e. The number of hydrogen-bond acceptors (Lipinski definition) is 3. The van der Waals surface area contributed by atoms with Gasteiger partial charge in [-0.2, -0.15) is 0 Å². The molecule has 1 amide bonds. The van der Waals surface area contributed by atoms with Crippen molar-refractivity contribution in [3.63, 3.8) is 0 Å². The molecule has 1 aliphatic heterocycles. The number of benzene rings is 1. The molecular formula is C20H32ClN3O. The number of carbonyl (C=O) groups excluding carboxylic acids is 1. The van der Waals surface area contributed by atoms with Crippen LogP contribution in [0.2, 0.25) is 0 Å². The normalized spacial score (nSPS) is 20.1. The molecule has 3 rings (SSSR count). The van der Waals surface area contributed by atoms with Crippen LogP contribution in [0.1, 0.15) is 37.3 Å². The van der Waals surface area contributed by atoms with Crippen molar-refractivity contribution in [2.45, 2.75) is 45.1 Å². The fourth-order valence-electron chi connectivity index (χ4n) is 4.07. The van der Waals surface area contributed by atoms with E-state index in [1.165, 1.54) is 24.0 Å². The summed E-state index contributed by atoms with van der Waals surface area (Å²) in [6.45, 7) is 7.84. The molecule has 1 N–H and O–H groups in total. The van der Waals surface area contributed by atoms with Crippen LogP contribution >= 0.6 is 12.4 Å². The van der Waals surface area contributed by atoms with Crippen LogP contribution in [0, 0.1) is 0 Å². The van der Waals surface area contributed by atoms with Crippen molar-refractivity contribution >= 4 is 18.3 Å². The van der Waals surface area contributed by atoms with Crippen LogP contribution < -0.4 is 5.32 Å². The van der Waals surface area contributed by atoms with Crippen LogP contribution in [-0.2, 0) is 17.6 Å². The lowest BCUT2D eigenvalue weighted by molar-refractivity contribution is -0.132. The average Bonchev–Trinajstić information content (AvgIpc) is 2.65. The molecule has 0 saturated carbocycles. The van der Waals surface area contributed by atoms with Crippen molar-refractivity contribution in [3.05, 3.63) is 35.4 Å². The maximum Gasteiger partial charge on any atom is 0.223 e. The molecule has 1 unspecified atom stereocenters. The van der Waals surface area contributed by atoms with Crippen LogP contribution in [-0.4, -0.2) is 61.0 Å². The summed E-state index contributed by atoms with van der Waals surface area (Å²) in [6, 6.07) is 9.44. The number of piperazine rings is 1. The molecule has 0 aromatic heterocycles. The van der Waals surface area contributed by atoms with Crippen molar-refractivity contribution in [2.75, 3.05) is 39.3 Å². The van der Waals surface area contributed by atoms with Gasteiger partial charge in [0.15, 0.2) is 0 Å². The van der Waals surface area contributed by atoms with Crippen molar-refractivity contribution in [1.82, 2.24) is 15.1 Å². The Morgan fingerprint density at radius 2 is 1.92 bits per heavy atom. The number of nitrogens with zero attached hydrogens (tertiary/aromatic N) is 2. The number of rotatable bonds is 6. The second-order valence-electron chi connectivity index (χ2n) is 7.08. The van der Waals surface area contributed by atoms with Crippen molar-refractivity contribution < 1.29 is 4.79 Å². The summed E-state index contributed by atoms with van der Waals surface area (Å²) >= 11 is 0. The minimum atomic E-state index is 0. The third kappa shape index (κ3) is 5.44. The Balaban J connectivity index is 0.00000225. The molecule has 0 spiro atoms. The molecule has 5 heteroatoms. The standard InChI is InChI=1S/C20H31N3O.ClH/c1-2-12-22(13-9-20(24)23-14-10-21-11-15-23)19-8-7-17-5-3-4-6-18(17)16-19;/h3-6,19,21H,2,7-16H2,1H3;1H. The van der Waals surface area contributed by atoms with E-state index >= 15 is 0 Å². The van der Waals surface area contributed by atoms with Gasteiger partial charge >= 0.3 is 0 Å². The summed E-state index contributed by atoms with van der Waals surface area (Å²) in [5.74, 6) is 0.328. The van der Waals surface area contributed by atoms with E-state index in [1.54, 1.807) is 0 Å². The van der Waals surface area contributed by atoms with Gasteiger partial charge in [0.1, 0.15) is 0 Å². The van der Waals surface area contributed by atoms with E-state index in [1.807, 2.05) is 4.90 Å². The molecule has 1 fully saturated rings. The van der Waals surface area contributed by atoms with Crippen LogP contribution in [0.3, 0.4) is 0 Å². The fourth-order valence-corrected chi connectivity index (χ4v) is 4.07. The van der Waals surface area contributed by atoms with E-state index in [0.29, 0.717) is 18.4 Å². The first-order valence-electron chi connectivity index (χ1n) is 9.57. The third-order valence-electron chi connectivity index (χ3n) is 5.43. The molecule has 1 saturated heterocycles. The summed E-state index contributed by atoms with van der Waals surface area (Å²) < 4.78 is 0. The molecule has 2 aliphatic rings. The predicted molar refractivity (Wildman–Crippen MR) is 105 cm³/mol. The van der Waals surface area contributed by atoms with Gasteiger partial charge in [-0.25, -0.2) is 0 Å². The third-order valence-corrected chi connectivity index (χ3v) is 5.43. The number of aryl methyl sites for hydroxylation is 1. The highest BCUT2D eigenvalue weighted by Crippen LogP contribution is 2.24. The number of fused-ring (bicyclic) bond motifs is 1. The first-order valence-corrected chi connectivity index (χ1v) is 9.57. The summed E-state index contributed by atoms with van der Waals surface area (Å²) in [6.07, 6.45) is 5.35. The van der Waals surface area contributed by atoms with Gasteiger partial charge in [-0.15, -0.1) is 12.4 Å². The number of halogens is 1. The Morgan fingerprint density at radius 3 is 2.64 bits per heavy atom. The number of carbonyl (C=O) groups is 1. The van der Waals surface area contributed by atoms with Gasteiger partial charge in [-0.1, -0.05) is 31.2 Å². The SMILES string of the molecule is CCCN(CCC(=O)N1CCNCC1)C1CCc2ccccc2C1.Cl. The van der Waals surface area contributed by atoms with E-state index in [2.05, 4.69) is 41.4 Å². The lowest BCUT2D eigenvalue weighted by Crippen LogP contribution is -2.48. The molecular weight excluding hydrogens is 334 g/mol. The van der Waals surface area contributed by atoms with Crippen LogP contribution in [0.4, 0.5) is 0 Å². The lowest BCUT2D eigenvalue weighted by atomic mass is 9.87. The summed E-state index contributed by atoms with van der Waals surface area (Å²) in [7, 11) is 0. The zero-order valence-electron chi connectivity index (χ0n) is 15.4. The maximum atomic E-state index is 12.5. The van der Waals surface area contributed by atoms with Gasteiger partial charge in [0.25, 0.3) is 0 Å². The maximum absolute atomic E-state index is 12.5. The summed E-state index contributed by atoms with van der Waals surface area (Å²) in [5, 5.41) is 3.31. The molecule has 140 valence electrons. The molecule has 1 aromatic carbocycles. The van der Waals surface area contributed by atoms with Gasteiger partial charge in [0.2, 0.25) is 5.91 Å². The fraction of sp³-hybridized carbons (Fsp3) is 0.650. The van der Waals surface area contributed by atoms with Crippen LogP contribution in [0.25, 0.3) is 0 Å². The highest BCUT2D eigenvalue weighted by Gasteiger charge is 2.25. The van der Waals surface area contributed by atoms with E-state index in [9.17, 15) is 4.79 Å². The van der Waals surface area contributed by atoms with Gasteiger partial charge in [-0.3, -0.25) is 9.69 Å². The van der Waals surface area contributed by atoms with Gasteiger partial charge in [0, 0.05) is 45.2 Å². The van der Waals surface area contributed by atoms with E-state index < -0.39 is 0 Å².